The first kappa shape index (κ1) is 18.6. The molecule has 2 N–H and O–H groups in total. The number of nitrogens with zero attached hydrogens (tertiary/aromatic N) is 1. The summed E-state index contributed by atoms with van der Waals surface area (Å²) < 4.78 is 23.9. The molecule has 0 atom stereocenters. The van der Waals surface area contributed by atoms with Gasteiger partial charge in [-0.1, -0.05) is 0 Å². The number of hydrogen-bond acceptors (Lipinski definition) is 2. The molecule has 0 aliphatic heterocycles. The maximum atomic E-state index is 11.9. The molecule has 0 fully saturated rings. The summed E-state index contributed by atoms with van der Waals surface area (Å²) in [4.78, 5) is 3.85. The van der Waals surface area contributed by atoms with Gasteiger partial charge in [-0.05, 0) is 20.1 Å². The lowest BCUT2D eigenvalue weighted by molar-refractivity contribution is 0.152. The number of rotatable bonds is 5. The van der Waals surface area contributed by atoms with Crippen LogP contribution in [-0.4, -0.2) is 43.5 Å². The maximum absolute atomic E-state index is 11.9. The molecule has 0 aromatic heterocycles. The second-order valence-electron chi connectivity index (χ2n) is 3.66. The average molecular weight is 367 g/mol. The standard InChI is InChI=1S/C9H19F2N3S.HI/c1-9(2,15-4)6-14-8(12-3)13-5-7(10)11;/h7H,5-6H2,1-4H3,(H2,12,13,14);1H. The third kappa shape index (κ3) is 9.44. The van der Waals surface area contributed by atoms with Gasteiger partial charge in [0.25, 0.3) is 6.43 Å². The second-order valence-corrected chi connectivity index (χ2v) is 5.17. The highest BCUT2D eigenvalue weighted by Gasteiger charge is 2.16. The molecule has 0 aromatic rings. The van der Waals surface area contributed by atoms with Crippen molar-refractivity contribution in [3.63, 3.8) is 0 Å². The molecule has 0 spiro atoms. The van der Waals surface area contributed by atoms with E-state index < -0.39 is 6.43 Å². The molecule has 0 bridgehead atoms. The summed E-state index contributed by atoms with van der Waals surface area (Å²) >= 11 is 1.71. The average Bonchev–Trinajstić information content (AvgIpc) is 2.18. The third-order valence-electron chi connectivity index (χ3n) is 1.88. The molecule has 0 radical (unpaired) electrons. The van der Waals surface area contributed by atoms with Crippen LogP contribution in [-0.2, 0) is 0 Å². The normalized spacial score (nSPS) is 12.3. The van der Waals surface area contributed by atoms with Crippen molar-refractivity contribution in [2.45, 2.75) is 25.0 Å². The lowest BCUT2D eigenvalue weighted by Crippen LogP contribution is -2.44. The fourth-order valence-electron chi connectivity index (χ4n) is 0.763. The molecule has 7 heteroatoms. The van der Waals surface area contributed by atoms with Gasteiger partial charge in [0, 0.05) is 18.3 Å². The van der Waals surface area contributed by atoms with Crippen molar-refractivity contribution in [1.82, 2.24) is 10.6 Å². The minimum Gasteiger partial charge on any atom is -0.355 e. The first-order chi connectivity index (χ1) is 6.91. The lowest BCUT2D eigenvalue weighted by atomic mass is 10.2. The van der Waals surface area contributed by atoms with Crippen LogP contribution in [0.3, 0.4) is 0 Å². The molecule has 0 heterocycles. The van der Waals surface area contributed by atoms with Crippen LogP contribution in [0, 0.1) is 0 Å². The molecule has 0 saturated carbocycles. The van der Waals surface area contributed by atoms with E-state index in [1.165, 1.54) is 0 Å². The molecular formula is C9H20F2IN3S. The number of aliphatic imine (C=N–C) groups is 1. The van der Waals surface area contributed by atoms with Crippen LogP contribution < -0.4 is 10.6 Å². The highest BCUT2D eigenvalue weighted by Crippen LogP contribution is 2.19. The highest BCUT2D eigenvalue weighted by molar-refractivity contribution is 14.0. The molecule has 0 saturated heterocycles. The van der Waals surface area contributed by atoms with Crippen molar-refractivity contribution in [2.24, 2.45) is 4.99 Å². The minimum atomic E-state index is -2.36. The topological polar surface area (TPSA) is 36.4 Å². The third-order valence-corrected chi connectivity index (χ3v) is 3.13. The predicted octanol–water partition coefficient (Wildman–Crippen LogP) is 2.18. The van der Waals surface area contributed by atoms with Gasteiger partial charge < -0.3 is 10.6 Å². The maximum Gasteiger partial charge on any atom is 0.255 e. The van der Waals surface area contributed by atoms with E-state index in [-0.39, 0.29) is 35.3 Å². The minimum absolute atomic E-state index is 0. The summed E-state index contributed by atoms with van der Waals surface area (Å²) in [6.45, 7) is 4.45. The van der Waals surface area contributed by atoms with Crippen molar-refractivity contribution in [2.75, 3.05) is 26.4 Å². The van der Waals surface area contributed by atoms with E-state index in [0.717, 1.165) is 0 Å². The van der Waals surface area contributed by atoms with E-state index >= 15 is 0 Å². The smallest absolute Gasteiger partial charge is 0.255 e. The van der Waals surface area contributed by atoms with E-state index in [4.69, 9.17) is 0 Å². The van der Waals surface area contributed by atoms with Crippen LogP contribution in [0.15, 0.2) is 4.99 Å². The van der Waals surface area contributed by atoms with Gasteiger partial charge in [0.2, 0.25) is 0 Å². The van der Waals surface area contributed by atoms with E-state index in [1.807, 2.05) is 6.26 Å². The Morgan fingerprint density at radius 2 is 1.94 bits per heavy atom. The van der Waals surface area contributed by atoms with Gasteiger partial charge in [-0.3, -0.25) is 4.99 Å². The van der Waals surface area contributed by atoms with Gasteiger partial charge >= 0.3 is 0 Å². The van der Waals surface area contributed by atoms with Crippen LogP contribution in [0.25, 0.3) is 0 Å². The fourth-order valence-corrected chi connectivity index (χ4v) is 0.980. The summed E-state index contributed by atoms with van der Waals surface area (Å²) in [5, 5.41) is 5.55. The molecule has 3 nitrogen and oxygen atoms in total. The second kappa shape index (κ2) is 9.26. The molecule has 16 heavy (non-hydrogen) atoms. The monoisotopic (exact) mass is 367 g/mol. The van der Waals surface area contributed by atoms with Gasteiger partial charge in [0.05, 0.1) is 6.54 Å². The quantitative estimate of drug-likeness (QED) is 0.444. The summed E-state index contributed by atoms with van der Waals surface area (Å²) in [5.74, 6) is 0.414. The summed E-state index contributed by atoms with van der Waals surface area (Å²) in [6, 6.07) is 0. The molecule has 0 aliphatic carbocycles. The molecule has 0 aromatic carbocycles. The van der Waals surface area contributed by atoms with Crippen LogP contribution >= 0.6 is 35.7 Å². The largest absolute Gasteiger partial charge is 0.355 e. The Labute approximate surface area is 117 Å². The van der Waals surface area contributed by atoms with Crippen molar-refractivity contribution < 1.29 is 8.78 Å². The Hall–Kier alpha value is 0.210. The fraction of sp³-hybridized carbons (Fsp3) is 0.889. The van der Waals surface area contributed by atoms with Gasteiger partial charge in [0.15, 0.2) is 5.96 Å². The van der Waals surface area contributed by atoms with Gasteiger partial charge in [-0.25, -0.2) is 8.78 Å². The number of alkyl halides is 2. The predicted molar refractivity (Wildman–Crippen MR) is 78.4 cm³/mol. The van der Waals surface area contributed by atoms with Crippen molar-refractivity contribution in [3.05, 3.63) is 0 Å². The van der Waals surface area contributed by atoms with Gasteiger partial charge in [-0.15, -0.1) is 24.0 Å². The van der Waals surface area contributed by atoms with E-state index in [1.54, 1.807) is 18.8 Å². The summed E-state index contributed by atoms with van der Waals surface area (Å²) in [6.07, 6.45) is -0.353. The zero-order chi connectivity index (χ0) is 11.9. The van der Waals surface area contributed by atoms with E-state index in [9.17, 15) is 8.78 Å². The van der Waals surface area contributed by atoms with Crippen molar-refractivity contribution in [3.8, 4) is 0 Å². The molecule has 0 aliphatic rings. The Bertz CT molecular complexity index is 213. The summed E-state index contributed by atoms with van der Waals surface area (Å²) in [5.41, 5.74) is 0. The number of thioether (sulfide) groups is 1. The number of hydrogen-bond donors (Lipinski definition) is 2. The summed E-state index contributed by atoms with van der Waals surface area (Å²) in [7, 11) is 1.56. The van der Waals surface area contributed by atoms with Crippen molar-refractivity contribution in [1.29, 1.82) is 0 Å². The number of halogens is 3. The number of guanidine groups is 1. The molecule has 98 valence electrons. The van der Waals surface area contributed by atoms with Crippen LogP contribution in [0.2, 0.25) is 0 Å². The van der Waals surface area contributed by atoms with E-state index in [0.29, 0.717) is 12.5 Å². The van der Waals surface area contributed by atoms with Gasteiger partial charge in [0.1, 0.15) is 0 Å². The molecule has 0 rings (SSSR count). The lowest BCUT2D eigenvalue weighted by Gasteiger charge is -2.23. The highest BCUT2D eigenvalue weighted by atomic mass is 127. The first-order valence-corrected chi connectivity index (χ1v) is 5.91. The zero-order valence-electron chi connectivity index (χ0n) is 10.0. The molecule has 0 unspecified atom stereocenters. The van der Waals surface area contributed by atoms with Crippen molar-refractivity contribution >= 4 is 41.7 Å². The van der Waals surface area contributed by atoms with Gasteiger partial charge in [-0.2, -0.15) is 11.8 Å². The number of nitrogens with one attached hydrogen (secondary N) is 2. The van der Waals surface area contributed by atoms with Crippen LogP contribution in [0.5, 0.6) is 0 Å². The SMILES string of the molecule is CN=C(NCC(F)F)NCC(C)(C)SC.I. The molecule has 0 amide bonds. The Kier molecular flexibility index (Phi) is 10.8. The van der Waals surface area contributed by atoms with E-state index in [2.05, 4.69) is 29.5 Å². The Morgan fingerprint density at radius 1 is 1.38 bits per heavy atom. The first-order valence-electron chi connectivity index (χ1n) is 4.69. The Morgan fingerprint density at radius 3 is 2.31 bits per heavy atom. The zero-order valence-corrected chi connectivity index (χ0v) is 13.2. The Balaban J connectivity index is 0. The van der Waals surface area contributed by atoms with Crippen LogP contribution in [0.1, 0.15) is 13.8 Å². The molecular weight excluding hydrogens is 347 g/mol. The van der Waals surface area contributed by atoms with Crippen LogP contribution in [0.4, 0.5) is 8.78 Å².